The number of hydrogen-bond donors (Lipinski definition) is 2. The molecule has 4 nitrogen and oxygen atoms in total. The third kappa shape index (κ3) is 2.61. The van der Waals surface area contributed by atoms with Gasteiger partial charge in [0, 0.05) is 11.1 Å². The lowest BCUT2D eigenvalue weighted by atomic mass is 10.1. The fourth-order valence-electron chi connectivity index (χ4n) is 2.53. The van der Waals surface area contributed by atoms with Gasteiger partial charge in [0.25, 0.3) is 0 Å². The van der Waals surface area contributed by atoms with Crippen LogP contribution in [0.2, 0.25) is 0 Å². The number of hydrogen-bond acceptors (Lipinski definition) is 3. The summed E-state index contributed by atoms with van der Waals surface area (Å²) in [5.74, 6) is 1.14. The van der Waals surface area contributed by atoms with Crippen LogP contribution in [0.5, 0.6) is 5.75 Å². The van der Waals surface area contributed by atoms with Crippen LogP contribution < -0.4 is 4.74 Å². The average molecular weight is 294 g/mol. The number of nitrogens with zero attached hydrogens (tertiary/aromatic N) is 1. The highest BCUT2D eigenvalue weighted by atomic mass is 16.5. The summed E-state index contributed by atoms with van der Waals surface area (Å²) in [6.45, 7) is 2.05. The lowest BCUT2D eigenvalue weighted by Crippen LogP contribution is -2.04. The Kier molecular flexibility index (Phi) is 3.94. The molecule has 112 valence electrons. The van der Waals surface area contributed by atoms with Gasteiger partial charge in [-0.1, -0.05) is 42.5 Å². The fraction of sp³-hybridized carbons (Fsp3) is 0.167. The van der Waals surface area contributed by atoms with Crippen molar-refractivity contribution in [2.45, 2.75) is 13.0 Å². The molecule has 0 bridgehead atoms. The topological polar surface area (TPSA) is 58.1 Å². The zero-order chi connectivity index (χ0) is 15.5. The number of aromatic nitrogens is 2. The van der Waals surface area contributed by atoms with E-state index in [4.69, 9.17) is 4.74 Å². The Bertz CT molecular complexity index is 780. The molecule has 4 heteroatoms. The van der Waals surface area contributed by atoms with E-state index in [-0.39, 0.29) is 0 Å². The molecule has 3 aromatic rings. The Hall–Kier alpha value is -2.59. The average Bonchev–Trinajstić information content (AvgIpc) is 3.04. The Morgan fingerprint density at radius 3 is 2.59 bits per heavy atom. The summed E-state index contributed by atoms with van der Waals surface area (Å²) < 4.78 is 5.30. The predicted molar refractivity (Wildman–Crippen MR) is 85.8 cm³/mol. The molecular formula is C18H18N2O2. The van der Waals surface area contributed by atoms with E-state index in [1.807, 2.05) is 55.5 Å². The fourth-order valence-corrected chi connectivity index (χ4v) is 2.53. The maximum absolute atomic E-state index is 10.6. The number of imidazole rings is 1. The largest absolute Gasteiger partial charge is 0.496 e. The first-order chi connectivity index (χ1) is 10.7. The number of para-hydroxylation sites is 1. The molecule has 0 radical (unpaired) electrons. The second-order valence-electron chi connectivity index (χ2n) is 5.14. The van der Waals surface area contributed by atoms with Gasteiger partial charge in [-0.2, -0.15) is 0 Å². The molecule has 0 aliphatic rings. The van der Waals surface area contributed by atoms with Crippen LogP contribution in [-0.2, 0) is 0 Å². The molecule has 2 aromatic carbocycles. The SMILES string of the molecule is COc1ccccc1C(O)c1ncc(-c2ccccc2C)[nH]1. The summed E-state index contributed by atoms with van der Waals surface area (Å²) in [5.41, 5.74) is 3.82. The van der Waals surface area contributed by atoms with Gasteiger partial charge in [0.05, 0.1) is 19.0 Å². The Morgan fingerprint density at radius 2 is 1.82 bits per heavy atom. The van der Waals surface area contributed by atoms with Gasteiger partial charge < -0.3 is 14.8 Å². The third-order valence-electron chi connectivity index (χ3n) is 3.72. The highest BCUT2D eigenvalue weighted by Crippen LogP contribution is 2.30. The summed E-state index contributed by atoms with van der Waals surface area (Å²) in [5, 5.41) is 10.6. The second-order valence-corrected chi connectivity index (χ2v) is 5.14. The van der Waals surface area contributed by atoms with Crippen molar-refractivity contribution >= 4 is 0 Å². The van der Waals surface area contributed by atoms with Crippen LogP contribution in [0.15, 0.2) is 54.7 Å². The van der Waals surface area contributed by atoms with Gasteiger partial charge in [0.1, 0.15) is 17.7 Å². The maximum atomic E-state index is 10.6. The van der Waals surface area contributed by atoms with E-state index < -0.39 is 6.10 Å². The molecule has 1 unspecified atom stereocenters. The van der Waals surface area contributed by atoms with Crippen LogP contribution in [0.3, 0.4) is 0 Å². The van der Waals surface area contributed by atoms with Crippen LogP contribution in [0.25, 0.3) is 11.3 Å². The number of methoxy groups -OCH3 is 1. The van der Waals surface area contributed by atoms with Gasteiger partial charge >= 0.3 is 0 Å². The smallest absolute Gasteiger partial charge is 0.140 e. The number of nitrogens with one attached hydrogen (secondary N) is 1. The standard InChI is InChI=1S/C18H18N2O2/c1-12-7-3-4-8-13(12)15-11-19-18(20-15)17(21)14-9-5-6-10-16(14)22-2/h3-11,17,21H,1-2H3,(H,19,20). The van der Waals surface area contributed by atoms with Gasteiger partial charge in [0.2, 0.25) is 0 Å². The molecule has 3 rings (SSSR count). The van der Waals surface area contributed by atoms with E-state index in [0.29, 0.717) is 17.1 Å². The first kappa shape index (κ1) is 14.4. The van der Waals surface area contributed by atoms with Crippen molar-refractivity contribution in [1.29, 1.82) is 0 Å². The molecule has 22 heavy (non-hydrogen) atoms. The maximum Gasteiger partial charge on any atom is 0.140 e. The van der Waals surface area contributed by atoms with Gasteiger partial charge in [-0.05, 0) is 18.6 Å². The lowest BCUT2D eigenvalue weighted by molar-refractivity contribution is 0.206. The molecule has 0 amide bonds. The number of aliphatic hydroxyl groups excluding tert-OH is 1. The molecule has 1 atom stereocenters. The number of H-pyrrole nitrogens is 1. The van der Waals surface area contributed by atoms with Crippen LogP contribution in [0.4, 0.5) is 0 Å². The second kappa shape index (κ2) is 6.03. The molecule has 0 saturated heterocycles. The minimum absolute atomic E-state index is 0.503. The number of rotatable bonds is 4. The summed E-state index contributed by atoms with van der Waals surface area (Å²) in [7, 11) is 1.59. The molecule has 0 saturated carbocycles. The first-order valence-electron chi connectivity index (χ1n) is 7.12. The zero-order valence-electron chi connectivity index (χ0n) is 12.6. The summed E-state index contributed by atoms with van der Waals surface area (Å²) in [4.78, 5) is 7.53. The first-order valence-corrected chi connectivity index (χ1v) is 7.12. The Morgan fingerprint density at radius 1 is 1.09 bits per heavy atom. The van der Waals surface area contributed by atoms with Crippen LogP contribution in [0.1, 0.15) is 23.1 Å². The van der Waals surface area contributed by atoms with Crippen molar-refractivity contribution in [2.75, 3.05) is 7.11 Å². The van der Waals surface area contributed by atoms with Crippen LogP contribution >= 0.6 is 0 Å². The minimum atomic E-state index is -0.853. The summed E-state index contributed by atoms with van der Waals surface area (Å²) in [6.07, 6.45) is 0.893. The van der Waals surface area contributed by atoms with Crippen LogP contribution in [-0.4, -0.2) is 22.2 Å². The van der Waals surface area contributed by atoms with Crippen molar-refractivity contribution in [1.82, 2.24) is 9.97 Å². The van der Waals surface area contributed by atoms with Crippen molar-refractivity contribution in [3.8, 4) is 17.0 Å². The highest BCUT2D eigenvalue weighted by Gasteiger charge is 2.18. The third-order valence-corrected chi connectivity index (χ3v) is 3.72. The summed E-state index contributed by atoms with van der Waals surface area (Å²) in [6, 6.07) is 15.5. The van der Waals surface area contributed by atoms with Crippen molar-refractivity contribution in [2.24, 2.45) is 0 Å². The normalized spacial score (nSPS) is 12.1. The molecule has 1 aromatic heterocycles. The van der Waals surface area contributed by atoms with Gasteiger partial charge in [0.15, 0.2) is 0 Å². The minimum Gasteiger partial charge on any atom is -0.496 e. The molecular weight excluding hydrogens is 276 g/mol. The molecule has 0 fully saturated rings. The zero-order valence-corrected chi connectivity index (χ0v) is 12.6. The number of aryl methyl sites for hydroxylation is 1. The van der Waals surface area contributed by atoms with Gasteiger partial charge in [-0.25, -0.2) is 4.98 Å². The summed E-state index contributed by atoms with van der Waals surface area (Å²) >= 11 is 0. The van der Waals surface area contributed by atoms with E-state index in [1.54, 1.807) is 13.3 Å². The Labute approximate surface area is 129 Å². The van der Waals surface area contributed by atoms with E-state index in [9.17, 15) is 5.11 Å². The predicted octanol–water partition coefficient (Wildman–Crippen LogP) is 3.48. The lowest BCUT2D eigenvalue weighted by Gasteiger charge is -2.12. The van der Waals surface area contributed by atoms with E-state index in [2.05, 4.69) is 9.97 Å². The number of aliphatic hydroxyl groups is 1. The number of ether oxygens (including phenoxy) is 1. The van der Waals surface area contributed by atoms with E-state index in [0.717, 1.165) is 16.8 Å². The van der Waals surface area contributed by atoms with Gasteiger partial charge in [-0.3, -0.25) is 0 Å². The van der Waals surface area contributed by atoms with Crippen LogP contribution in [0, 0.1) is 6.92 Å². The monoisotopic (exact) mass is 294 g/mol. The molecule has 0 aliphatic heterocycles. The van der Waals surface area contributed by atoms with E-state index >= 15 is 0 Å². The Balaban J connectivity index is 1.95. The van der Waals surface area contributed by atoms with E-state index in [1.165, 1.54) is 0 Å². The molecule has 0 spiro atoms. The van der Waals surface area contributed by atoms with Crippen molar-refractivity contribution in [3.63, 3.8) is 0 Å². The van der Waals surface area contributed by atoms with Crippen molar-refractivity contribution < 1.29 is 9.84 Å². The molecule has 2 N–H and O–H groups in total. The molecule has 0 aliphatic carbocycles. The van der Waals surface area contributed by atoms with Gasteiger partial charge in [-0.15, -0.1) is 0 Å². The number of benzene rings is 2. The molecule has 1 heterocycles. The highest BCUT2D eigenvalue weighted by molar-refractivity contribution is 5.62. The quantitative estimate of drug-likeness (QED) is 0.774. The van der Waals surface area contributed by atoms with Crippen molar-refractivity contribution in [3.05, 3.63) is 71.7 Å². The number of aromatic amines is 1.